The SMILES string of the molecule is O=S(=O)(CCCSc1nnc(C2CC2)n1Cc1ccccc1)c1ccc(F)cc1. The Bertz CT molecular complexity index is 1060. The maximum absolute atomic E-state index is 13.0. The van der Waals surface area contributed by atoms with Crippen molar-refractivity contribution in [3.8, 4) is 0 Å². The summed E-state index contributed by atoms with van der Waals surface area (Å²) >= 11 is 1.54. The van der Waals surface area contributed by atoms with Crippen LogP contribution in [0.15, 0.2) is 64.6 Å². The van der Waals surface area contributed by atoms with Gasteiger partial charge in [-0.1, -0.05) is 42.1 Å². The van der Waals surface area contributed by atoms with Crippen LogP contribution >= 0.6 is 11.8 Å². The molecule has 1 fully saturated rings. The molecule has 5 nitrogen and oxygen atoms in total. The Hall–Kier alpha value is -2.19. The average molecular weight is 432 g/mol. The molecule has 0 spiro atoms. The molecule has 0 N–H and O–H groups in total. The zero-order valence-corrected chi connectivity index (χ0v) is 17.5. The van der Waals surface area contributed by atoms with E-state index in [1.807, 2.05) is 18.2 Å². The summed E-state index contributed by atoms with van der Waals surface area (Å²) in [5.74, 6) is 1.71. The van der Waals surface area contributed by atoms with Gasteiger partial charge in [-0.15, -0.1) is 10.2 Å². The third-order valence-corrected chi connectivity index (χ3v) is 7.70. The molecule has 29 heavy (non-hydrogen) atoms. The third-order valence-electron chi connectivity index (χ3n) is 4.83. The van der Waals surface area contributed by atoms with Gasteiger partial charge in [0.05, 0.1) is 17.2 Å². The first-order valence-electron chi connectivity index (χ1n) is 9.61. The molecule has 2 aromatic carbocycles. The third kappa shape index (κ3) is 5.05. The molecule has 0 saturated heterocycles. The summed E-state index contributed by atoms with van der Waals surface area (Å²) in [6.45, 7) is 0.718. The standard InChI is InChI=1S/C21H22FN3O2S2/c22-18-9-11-19(12-10-18)29(26,27)14-4-13-28-21-24-23-20(17-7-8-17)25(21)15-16-5-2-1-3-6-16/h1-3,5-6,9-12,17H,4,7-8,13-15H2. The van der Waals surface area contributed by atoms with E-state index in [1.54, 1.807) is 0 Å². The van der Waals surface area contributed by atoms with Crippen molar-refractivity contribution < 1.29 is 12.8 Å². The minimum Gasteiger partial charge on any atom is -0.301 e. The van der Waals surface area contributed by atoms with Crippen LogP contribution in [0, 0.1) is 5.82 Å². The molecule has 1 aliphatic carbocycles. The molecule has 1 aromatic heterocycles. The molecular weight excluding hydrogens is 409 g/mol. The number of sulfone groups is 1. The van der Waals surface area contributed by atoms with E-state index in [0.717, 1.165) is 30.4 Å². The lowest BCUT2D eigenvalue weighted by molar-refractivity contribution is 0.593. The Morgan fingerprint density at radius 3 is 2.45 bits per heavy atom. The molecule has 4 rings (SSSR count). The molecule has 0 unspecified atom stereocenters. The smallest absolute Gasteiger partial charge is 0.191 e. The summed E-state index contributed by atoms with van der Waals surface area (Å²) < 4.78 is 40.0. The molecule has 0 atom stereocenters. The highest BCUT2D eigenvalue weighted by atomic mass is 32.2. The highest BCUT2D eigenvalue weighted by Crippen LogP contribution is 2.40. The summed E-state index contributed by atoms with van der Waals surface area (Å²) in [7, 11) is -3.41. The van der Waals surface area contributed by atoms with Crippen LogP contribution in [0.2, 0.25) is 0 Å². The normalized spacial score (nSPS) is 14.2. The Labute approximate surface area is 174 Å². The molecule has 0 amide bonds. The Morgan fingerprint density at radius 2 is 1.76 bits per heavy atom. The van der Waals surface area contributed by atoms with Gasteiger partial charge < -0.3 is 4.57 Å². The zero-order chi connectivity index (χ0) is 20.3. The van der Waals surface area contributed by atoms with Gasteiger partial charge >= 0.3 is 0 Å². The van der Waals surface area contributed by atoms with E-state index in [2.05, 4.69) is 26.9 Å². The van der Waals surface area contributed by atoms with E-state index in [0.29, 0.717) is 18.1 Å². The van der Waals surface area contributed by atoms with Gasteiger partial charge in [-0.3, -0.25) is 0 Å². The van der Waals surface area contributed by atoms with Gasteiger partial charge in [0, 0.05) is 11.7 Å². The van der Waals surface area contributed by atoms with Crippen LogP contribution < -0.4 is 0 Å². The topological polar surface area (TPSA) is 64.8 Å². The lowest BCUT2D eigenvalue weighted by atomic mass is 10.2. The summed E-state index contributed by atoms with van der Waals surface area (Å²) in [6.07, 6.45) is 2.78. The van der Waals surface area contributed by atoms with Gasteiger partial charge in [0.25, 0.3) is 0 Å². The van der Waals surface area contributed by atoms with Crippen molar-refractivity contribution >= 4 is 21.6 Å². The second kappa shape index (κ2) is 8.67. The van der Waals surface area contributed by atoms with Crippen LogP contribution in [0.1, 0.15) is 36.6 Å². The first-order chi connectivity index (χ1) is 14.0. The fourth-order valence-electron chi connectivity index (χ4n) is 3.14. The number of halogens is 1. The number of benzene rings is 2. The van der Waals surface area contributed by atoms with E-state index < -0.39 is 15.7 Å². The van der Waals surface area contributed by atoms with Crippen molar-refractivity contribution in [1.29, 1.82) is 0 Å². The van der Waals surface area contributed by atoms with Gasteiger partial charge in [0.1, 0.15) is 11.6 Å². The van der Waals surface area contributed by atoms with E-state index >= 15 is 0 Å². The maximum Gasteiger partial charge on any atom is 0.191 e. The average Bonchev–Trinajstić information content (AvgIpc) is 3.49. The zero-order valence-electron chi connectivity index (χ0n) is 15.9. The van der Waals surface area contributed by atoms with E-state index in [4.69, 9.17) is 0 Å². The predicted octanol–water partition coefficient (Wildman–Crippen LogP) is 4.30. The van der Waals surface area contributed by atoms with Crippen LogP contribution in [0.25, 0.3) is 0 Å². The number of rotatable bonds is 9. The highest BCUT2D eigenvalue weighted by Gasteiger charge is 2.30. The Morgan fingerprint density at radius 1 is 1.03 bits per heavy atom. The second-order valence-electron chi connectivity index (χ2n) is 7.16. The van der Waals surface area contributed by atoms with Gasteiger partial charge in [-0.05, 0) is 49.1 Å². The molecule has 1 saturated carbocycles. The minimum absolute atomic E-state index is 0.0218. The minimum atomic E-state index is -3.41. The van der Waals surface area contributed by atoms with Crippen LogP contribution in [0.3, 0.4) is 0 Å². The largest absolute Gasteiger partial charge is 0.301 e. The molecule has 8 heteroatoms. The van der Waals surface area contributed by atoms with Crippen LogP contribution in [-0.2, 0) is 16.4 Å². The molecular formula is C21H22FN3O2S2. The summed E-state index contributed by atoms with van der Waals surface area (Å²) in [5, 5.41) is 9.58. The van der Waals surface area contributed by atoms with Crippen molar-refractivity contribution in [1.82, 2.24) is 14.8 Å². The number of nitrogens with zero attached hydrogens (tertiary/aromatic N) is 3. The van der Waals surface area contributed by atoms with Crippen LogP contribution in [-0.4, -0.2) is 34.7 Å². The molecule has 152 valence electrons. The highest BCUT2D eigenvalue weighted by molar-refractivity contribution is 7.99. The molecule has 0 radical (unpaired) electrons. The van der Waals surface area contributed by atoms with Crippen molar-refractivity contribution in [3.05, 3.63) is 71.8 Å². The van der Waals surface area contributed by atoms with Crippen molar-refractivity contribution in [2.75, 3.05) is 11.5 Å². The number of aromatic nitrogens is 3. The van der Waals surface area contributed by atoms with E-state index in [9.17, 15) is 12.8 Å². The van der Waals surface area contributed by atoms with Gasteiger partial charge in [0.15, 0.2) is 15.0 Å². The summed E-state index contributed by atoms with van der Waals surface area (Å²) in [5.41, 5.74) is 1.19. The molecule has 0 bridgehead atoms. The fraction of sp³-hybridized carbons (Fsp3) is 0.333. The molecule has 1 heterocycles. The Balaban J connectivity index is 1.39. The fourth-order valence-corrected chi connectivity index (χ4v) is 5.51. The maximum atomic E-state index is 13.0. The molecule has 0 aliphatic heterocycles. The quantitative estimate of drug-likeness (QED) is 0.287. The lowest BCUT2D eigenvalue weighted by Gasteiger charge is -2.10. The lowest BCUT2D eigenvalue weighted by Crippen LogP contribution is -2.09. The van der Waals surface area contributed by atoms with Crippen molar-refractivity contribution in [2.24, 2.45) is 0 Å². The van der Waals surface area contributed by atoms with Crippen LogP contribution in [0.5, 0.6) is 0 Å². The number of hydrogen-bond acceptors (Lipinski definition) is 5. The summed E-state index contributed by atoms with van der Waals surface area (Å²) in [6, 6.07) is 15.2. The monoisotopic (exact) mass is 431 g/mol. The number of hydrogen-bond donors (Lipinski definition) is 0. The van der Waals surface area contributed by atoms with Crippen LogP contribution in [0.4, 0.5) is 4.39 Å². The first-order valence-corrected chi connectivity index (χ1v) is 12.2. The van der Waals surface area contributed by atoms with Crippen molar-refractivity contribution in [2.45, 2.75) is 41.8 Å². The molecule has 3 aromatic rings. The first kappa shape index (κ1) is 20.1. The van der Waals surface area contributed by atoms with Gasteiger partial charge in [-0.25, -0.2) is 12.8 Å². The van der Waals surface area contributed by atoms with Gasteiger partial charge in [0.2, 0.25) is 0 Å². The van der Waals surface area contributed by atoms with E-state index in [-0.39, 0.29) is 10.6 Å². The molecule has 1 aliphatic rings. The Kier molecular flexibility index (Phi) is 6.01. The van der Waals surface area contributed by atoms with Crippen molar-refractivity contribution in [3.63, 3.8) is 0 Å². The second-order valence-corrected chi connectivity index (χ2v) is 10.3. The number of thioether (sulfide) groups is 1. The van der Waals surface area contributed by atoms with E-state index in [1.165, 1.54) is 41.6 Å². The predicted molar refractivity (Wildman–Crippen MR) is 111 cm³/mol. The summed E-state index contributed by atoms with van der Waals surface area (Å²) in [4.78, 5) is 0.159. The van der Waals surface area contributed by atoms with Gasteiger partial charge in [-0.2, -0.15) is 0 Å².